The van der Waals surface area contributed by atoms with Crippen LogP contribution in [0.1, 0.15) is 52.4 Å². The van der Waals surface area contributed by atoms with E-state index in [4.69, 9.17) is 14.2 Å². The van der Waals surface area contributed by atoms with Crippen LogP contribution in [0.2, 0.25) is 0 Å². The fourth-order valence-corrected chi connectivity index (χ4v) is 3.29. The maximum atomic E-state index is 12.2. The van der Waals surface area contributed by atoms with Gasteiger partial charge in [0.25, 0.3) is 0 Å². The first-order chi connectivity index (χ1) is 11.4. The summed E-state index contributed by atoms with van der Waals surface area (Å²) in [6, 6.07) is 0. The number of unbranched alkanes of at least 4 members (excludes halogenated alkanes) is 2. The van der Waals surface area contributed by atoms with Crippen molar-refractivity contribution in [3.05, 3.63) is 0 Å². The van der Waals surface area contributed by atoms with Gasteiger partial charge < -0.3 is 24.4 Å². The van der Waals surface area contributed by atoms with Gasteiger partial charge in [-0.3, -0.25) is 9.59 Å². The Labute approximate surface area is 142 Å². The first-order valence-corrected chi connectivity index (χ1v) is 8.75. The van der Waals surface area contributed by atoms with E-state index in [1.807, 2.05) is 0 Å². The molecule has 0 aromatic rings. The molecular formula is C17H28O7. The fraction of sp³-hybridized carbons (Fsp3) is 0.882. The van der Waals surface area contributed by atoms with E-state index in [2.05, 4.69) is 0 Å². The quantitative estimate of drug-likeness (QED) is 0.546. The van der Waals surface area contributed by atoms with E-state index in [1.54, 1.807) is 6.92 Å². The molecular weight excluding hydrogens is 316 g/mol. The lowest BCUT2D eigenvalue weighted by Crippen LogP contribution is -2.43. The zero-order valence-electron chi connectivity index (χ0n) is 14.3. The van der Waals surface area contributed by atoms with Crippen molar-refractivity contribution in [3.8, 4) is 0 Å². The molecule has 0 aromatic carbocycles. The van der Waals surface area contributed by atoms with Crippen LogP contribution in [0.25, 0.3) is 0 Å². The Hall–Kier alpha value is -1.18. The molecule has 2 rings (SSSR count). The molecule has 0 unspecified atom stereocenters. The number of esters is 2. The van der Waals surface area contributed by atoms with Gasteiger partial charge in [0.1, 0.15) is 12.2 Å². The van der Waals surface area contributed by atoms with Crippen molar-refractivity contribution in [1.82, 2.24) is 0 Å². The van der Waals surface area contributed by atoms with Crippen molar-refractivity contribution < 1.29 is 34.0 Å². The number of rotatable bonds is 6. The molecule has 0 aliphatic carbocycles. The van der Waals surface area contributed by atoms with Gasteiger partial charge in [-0.2, -0.15) is 0 Å². The van der Waals surface area contributed by atoms with Crippen molar-refractivity contribution in [3.63, 3.8) is 0 Å². The van der Waals surface area contributed by atoms with E-state index in [9.17, 15) is 19.8 Å². The van der Waals surface area contributed by atoms with Gasteiger partial charge in [-0.15, -0.1) is 0 Å². The van der Waals surface area contributed by atoms with Crippen LogP contribution in [0.4, 0.5) is 0 Å². The summed E-state index contributed by atoms with van der Waals surface area (Å²) in [4.78, 5) is 22.9. The van der Waals surface area contributed by atoms with Crippen molar-refractivity contribution >= 4 is 11.9 Å². The number of carbonyl (C=O) groups is 2. The molecule has 0 aromatic heterocycles. The number of cyclic esters (lactones) is 1. The van der Waals surface area contributed by atoms with Crippen molar-refractivity contribution in [2.45, 2.75) is 82.9 Å². The SMILES string of the molecule is CC(=O)OCCCCC[C@H]1OC(=O)[C@H](C)[C@H](O)[C@@H](O)[C@H]2CC[C@@H]1O2. The van der Waals surface area contributed by atoms with Gasteiger partial charge in [0.05, 0.1) is 30.8 Å². The van der Waals surface area contributed by atoms with Crippen LogP contribution in [-0.4, -0.2) is 59.3 Å². The highest BCUT2D eigenvalue weighted by Crippen LogP contribution is 2.32. The van der Waals surface area contributed by atoms with E-state index >= 15 is 0 Å². The van der Waals surface area contributed by atoms with Crippen LogP contribution in [0, 0.1) is 5.92 Å². The predicted molar refractivity (Wildman–Crippen MR) is 84.1 cm³/mol. The molecule has 6 atom stereocenters. The minimum absolute atomic E-state index is 0.237. The van der Waals surface area contributed by atoms with Crippen LogP contribution in [-0.2, 0) is 23.8 Å². The topological polar surface area (TPSA) is 102 Å². The van der Waals surface area contributed by atoms with Crippen molar-refractivity contribution in [2.75, 3.05) is 6.61 Å². The molecule has 0 saturated carbocycles. The van der Waals surface area contributed by atoms with E-state index in [0.717, 1.165) is 19.3 Å². The summed E-state index contributed by atoms with van der Waals surface area (Å²) in [5, 5.41) is 20.3. The molecule has 2 fully saturated rings. The molecule has 2 saturated heterocycles. The third kappa shape index (κ3) is 4.91. The van der Waals surface area contributed by atoms with Crippen LogP contribution < -0.4 is 0 Å². The molecule has 2 aliphatic rings. The van der Waals surface area contributed by atoms with Gasteiger partial charge in [0.2, 0.25) is 0 Å². The van der Waals surface area contributed by atoms with E-state index in [0.29, 0.717) is 25.9 Å². The summed E-state index contributed by atoms with van der Waals surface area (Å²) in [5.74, 6) is -1.56. The number of ether oxygens (including phenoxy) is 3. The summed E-state index contributed by atoms with van der Waals surface area (Å²) in [7, 11) is 0. The zero-order chi connectivity index (χ0) is 17.7. The van der Waals surface area contributed by atoms with Crippen LogP contribution in [0.5, 0.6) is 0 Å². The largest absolute Gasteiger partial charge is 0.466 e. The number of carbonyl (C=O) groups excluding carboxylic acids is 2. The number of hydrogen-bond donors (Lipinski definition) is 2. The molecule has 24 heavy (non-hydrogen) atoms. The maximum Gasteiger partial charge on any atom is 0.311 e. The first kappa shape index (κ1) is 19.1. The van der Waals surface area contributed by atoms with E-state index in [1.165, 1.54) is 6.92 Å². The third-order valence-corrected chi connectivity index (χ3v) is 4.82. The minimum atomic E-state index is -1.18. The van der Waals surface area contributed by atoms with E-state index in [-0.39, 0.29) is 18.2 Å². The van der Waals surface area contributed by atoms with Gasteiger partial charge >= 0.3 is 11.9 Å². The smallest absolute Gasteiger partial charge is 0.311 e. The van der Waals surface area contributed by atoms with Gasteiger partial charge in [0, 0.05) is 6.92 Å². The second-order valence-electron chi connectivity index (χ2n) is 6.72. The lowest BCUT2D eigenvalue weighted by Gasteiger charge is -2.25. The fourth-order valence-electron chi connectivity index (χ4n) is 3.29. The highest BCUT2D eigenvalue weighted by molar-refractivity contribution is 5.73. The molecule has 2 aliphatic heterocycles. The third-order valence-electron chi connectivity index (χ3n) is 4.82. The summed E-state index contributed by atoms with van der Waals surface area (Å²) >= 11 is 0. The van der Waals surface area contributed by atoms with E-state index < -0.39 is 30.2 Å². The summed E-state index contributed by atoms with van der Waals surface area (Å²) in [5.41, 5.74) is 0. The monoisotopic (exact) mass is 344 g/mol. The lowest BCUT2D eigenvalue weighted by atomic mass is 9.93. The van der Waals surface area contributed by atoms with Gasteiger partial charge in [-0.1, -0.05) is 0 Å². The molecule has 7 heteroatoms. The average molecular weight is 344 g/mol. The second kappa shape index (κ2) is 8.78. The molecule has 0 spiro atoms. The van der Waals surface area contributed by atoms with Gasteiger partial charge in [-0.25, -0.2) is 0 Å². The summed E-state index contributed by atoms with van der Waals surface area (Å²) in [6.07, 6.45) is 1.16. The molecule has 138 valence electrons. The normalized spacial score (nSPS) is 36.4. The first-order valence-electron chi connectivity index (χ1n) is 8.75. The Bertz CT molecular complexity index is 439. The highest BCUT2D eigenvalue weighted by atomic mass is 16.6. The van der Waals surface area contributed by atoms with Crippen LogP contribution >= 0.6 is 0 Å². The van der Waals surface area contributed by atoms with Crippen LogP contribution in [0.3, 0.4) is 0 Å². The zero-order valence-corrected chi connectivity index (χ0v) is 14.3. The average Bonchev–Trinajstić information content (AvgIpc) is 3.03. The molecule has 2 N–H and O–H groups in total. The highest BCUT2D eigenvalue weighted by Gasteiger charge is 2.44. The minimum Gasteiger partial charge on any atom is -0.466 e. The Morgan fingerprint density at radius 3 is 2.58 bits per heavy atom. The Balaban J connectivity index is 1.87. The Morgan fingerprint density at radius 2 is 1.88 bits per heavy atom. The van der Waals surface area contributed by atoms with Crippen LogP contribution in [0.15, 0.2) is 0 Å². The number of aliphatic hydroxyl groups is 2. The molecule has 0 radical (unpaired) electrons. The molecule has 2 bridgehead atoms. The van der Waals surface area contributed by atoms with Crippen molar-refractivity contribution in [2.24, 2.45) is 5.92 Å². The maximum absolute atomic E-state index is 12.2. The van der Waals surface area contributed by atoms with Crippen molar-refractivity contribution in [1.29, 1.82) is 0 Å². The number of aliphatic hydroxyl groups excluding tert-OH is 2. The second-order valence-corrected chi connectivity index (χ2v) is 6.72. The standard InChI is InChI=1S/C17H28O7/c1-10-15(19)16(20)14-8-7-13(23-14)12(24-17(10)21)6-4-3-5-9-22-11(2)18/h10,12-16,19-20H,3-9H2,1-2H3/t10-,12-,13+,14-,15+,16+/m1/s1. The molecule has 0 amide bonds. The lowest BCUT2D eigenvalue weighted by molar-refractivity contribution is -0.162. The number of fused-ring (bicyclic) bond motifs is 2. The Morgan fingerprint density at radius 1 is 1.17 bits per heavy atom. The Kier molecular flexibility index (Phi) is 7.01. The molecule has 7 nitrogen and oxygen atoms in total. The summed E-state index contributed by atoms with van der Waals surface area (Å²) in [6.45, 7) is 3.34. The number of hydrogen-bond acceptors (Lipinski definition) is 7. The summed E-state index contributed by atoms with van der Waals surface area (Å²) < 4.78 is 16.3. The van der Waals surface area contributed by atoms with Gasteiger partial charge in [-0.05, 0) is 45.4 Å². The molecule has 2 heterocycles. The predicted octanol–water partition coefficient (Wildman–Crippen LogP) is 0.941. The van der Waals surface area contributed by atoms with Gasteiger partial charge in [0.15, 0.2) is 0 Å².